The topological polar surface area (TPSA) is 152 Å². The number of aromatic nitrogens is 1. The van der Waals surface area contributed by atoms with Gasteiger partial charge in [0, 0.05) is 26.4 Å². The van der Waals surface area contributed by atoms with Crippen LogP contribution < -0.4 is 4.74 Å². The van der Waals surface area contributed by atoms with Crippen molar-refractivity contribution in [1.29, 1.82) is 0 Å². The first-order chi connectivity index (χ1) is 13.3. The first-order valence-corrected chi connectivity index (χ1v) is 7.27. The molecule has 0 bridgehead atoms. The van der Waals surface area contributed by atoms with Gasteiger partial charge in [-0.05, 0) is 30.1 Å². The van der Waals surface area contributed by atoms with E-state index in [1.807, 2.05) is 0 Å². The molecule has 0 saturated carbocycles. The van der Waals surface area contributed by atoms with E-state index >= 15 is 0 Å². The Kier molecular flexibility index (Phi) is 3.66. The number of ether oxygens (including phenoxy) is 2. The zero-order valence-electron chi connectivity index (χ0n) is 16.7. The molecule has 5 atom stereocenters. The lowest BCUT2D eigenvalue weighted by Gasteiger charge is -2.38. The molecule has 1 aromatic heterocycles. The fraction of sp³-hybridized carbons (Fsp3) is 0.438. The average Bonchev–Trinajstić information content (AvgIpc) is 3.04. The third kappa shape index (κ3) is 3.32. The number of rotatable bonds is 5. The predicted molar refractivity (Wildman–Crippen MR) is 84.0 cm³/mol. The van der Waals surface area contributed by atoms with Crippen LogP contribution in [0.3, 0.4) is 0 Å². The van der Waals surface area contributed by atoms with Gasteiger partial charge in [-0.25, -0.2) is 4.79 Å². The van der Waals surface area contributed by atoms with Crippen molar-refractivity contribution in [3.63, 3.8) is 0 Å². The van der Waals surface area contributed by atoms with Crippen LogP contribution in [0.2, 0.25) is 0 Å². The smallest absolute Gasteiger partial charge is 0.335 e. The highest BCUT2D eigenvalue weighted by molar-refractivity contribution is 5.84. The highest BCUT2D eigenvalue weighted by Crippen LogP contribution is 2.28. The summed E-state index contributed by atoms with van der Waals surface area (Å²) < 4.78 is 40.8. The van der Waals surface area contributed by atoms with Crippen LogP contribution in [0.4, 0.5) is 0 Å². The number of carboxylic acid groups (broad SMARTS) is 1. The number of fused-ring (bicyclic) bond motifs is 1. The van der Waals surface area contributed by atoms with Gasteiger partial charge in [0.05, 0.1) is 2.74 Å². The van der Waals surface area contributed by atoms with Crippen LogP contribution in [0, 0.1) is 0 Å². The van der Waals surface area contributed by atoms with Gasteiger partial charge in [0.15, 0.2) is 6.10 Å². The summed E-state index contributed by atoms with van der Waals surface area (Å²) in [7, 11) is 0. The quantitative estimate of drug-likeness (QED) is 0.397. The van der Waals surface area contributed by atoms with Gasteiger partial charge in [0.2, 0.25) is 6.29 Å². The van der Waals surface area contributed by atoms with Gasteiger partial charge in [0.1, 0.15) is 24.1 Å². The number of benzene rings is 1. The van der Waals surface area contributed by atoms with Crippen LogP contribution in [0.15, 0.2) is 24.4 Å². The van der Waals surface area contributed by atoms with Gasteiger partial charge in [-0.2, -0.15) is 0 Å². The standard InChI is InChI=1S/C16H19NO8/c18-4-3-7-6-17-10-2-1-8(5-9(7)10)24-16-13(21)11(19)12(20)14(25-16)15(22)23/h1-2,5-6,11-14,16-21H,3-4H2,(H,22,23)/t11-,12-,13+,14-,16+/m1/s1/i3D2,4D2. The summed E-state index contributed by atoms with van der Waals surface area (Å²) in [6.45, 7) is -3.18. The first kappa shape index (κ1) is 13.1. The summed E-state index contributed by atoms with van der Waals surface area (Å²) in [5.74, 6) is -1.59. The number of aliphatic hydroxyl groups excluding tert-OH is 3. The van der Waals surface area contributed by atoms with Crippen LogP contribution >= 0.6 is 0 Å². The Morgan fingerprint density at radius 2 is 2.04 bits per heavy atom. The average molecular weight is 357 g/mol. The fourth-order valence-corrected chi connectivity index (χ4v) is 2.62. The van der Waals surface area contributed by atoms with Gasteiger partial charge in [-0.1, -0.05) is 0 Å². The van der Waals surface area contributed by atoms with Gasteiger partial charge < -0.3 is 40.0 Å². The summed E-state index contributed by atoms with van der Waals surface area (Å²) in [4.78, 5) is 13.9. The molecule has 9 heteroatoms. The van der Waals surface area contributed by atoms with Gasteiger partial charge in [-0.3, -0.25) is 0 Å². The molecule has 1 saturated heterocycles. The van der Waals surface area contributed by atoms with Crippen LogP contribution in [0.1, 0.15) is 11.0 Å². The molecular formula is C16H19NO8. The molecule has 2 heterocycles. The number of H-pyrrole nitrogens is 1. The monoisotopic (exact) mass is 357 g/mol. The number of aliphatic carboxylic acids is 1. The Morgan fingerprint density at radius 3 is 2.72 bits per heavy atom. The maximum atomic E-state index is 11.2. The Labute approximate surface area is 147 Å². The number of carboxylic acids is 1. The third-order valence-electron chi connectivity index (χ3n) is 3.91. The van der Waals surface area contributed by atoms with Crippen molar-refractivity contribution < 1.29 is 45.3 Å². The minimum atomic E-state index is -3.18. The molecule has 6 N–H and O–H groups in total. The van der Waals surface area contributed by atoms with Crippen LogP contribution in [-0.4, -0.2) is 73.8 Å². The second-order valence-corrected chi connectivity index (χ2v) is 5.50. The second kappa shape index (κ2) is 6.98. The lowest BCUT2D eigenvalue weighted by atomic mass is 9.99. The zero-order valence-corrected chi connectivity index (χ0v) is 12.7. The minimum absolute atomic E-state index is 0.0237. The lowest BCUT2D eigenvalue weighted by molar-refractivity contribution is -0.271. The van der Waals surface area contributed by atoms with E-state index in [1.54, 1.807) is 0 Å². The zero-order chi connectivity index (χ0) is 21.7. The Balaban J connectivity index is 1.93. The Hall–Kier alpha value is -2.17. The molecule has 0 amide bonds. The van der Waals surface area contributed by atoms with Crippen molar-refractivity contribution >= 4 is 16.9 Å². The van der Waals surface area contributed by atoms with E-state index in [-0.39, 0.29) is 16.7 Å². The maximum absolute atomic E-state index is 11.2. The predicted octanol–water partition coefficient (Wildman–Crippen LogP) is -1.03. The molecule has 25 heavy (non-hydrogen) atoms. The molecule has 1 aliphatic heterocycles. The molecular weight excluding hydrogens is 334 g/mol. The number of hydrogen-bond donors (Lipinski definition) is 6. The SMILES string of the molecule is [2H]C([2H])(O)C([2H])([2H])c1c[nH]c2ccc(O[C@H]3O[C@@H](C(=O)O)[C@H](O)[C@@H](O)[C@@H]3O)cc12. The van der Waals surface area contributed by atoms with Crippen molar-refractivity contribution in [3.05, 3.63) is 30.0 Å². The largest absolute Gasteiger partial charge is 0.479 e. The molecule has 0 aliphatic carbocycles. The molecule has 1 aromatic carbocycles. The van der Waals surface area contributed by atoms with E-state index < -0.39 is 49.6 Å². The lowest BCUT2D eigenvalue weighted by Crippen LogP contribution is -2.61. The Morgan fingerprint density at radius 1 is 1.28 bits per heavy atom. The Bertz CT molecular complexity index is 914. The van der Waals surface area contributed by atoms with Crippen molar-refractivity contribution in [2.24, 2.45) is 0 Å². The summed E-state index contributed by atoms with van der Waals surface area (Å²) in [5.41, 5.74) is 0.193. The number of aliphatic hydroxyl groups is 4. The molecule has 0 spiro atoms. The van der Waals surface area contributed by atoms with Crippen molar-refractivity contribution in [2.45, 2.75) is 37.1 Å². The molecule has 0 radical (unpaired) electrons. The second-order valence-electron chi connectivity index (χ2n) is 5.50. The molecule has 1 aliphatic rings. The van der Waals surface area contributed by atoms with Gasteiger partial charge in [0.25, 0.3) is 0 Å². The van der Waals surface area contributed by atoms with Crippen LogP contribution in [0.5, 0.6) is 5.75 Å². The molecule has 136 valence electrons. The van der Waals surface area contributed by atoms with E-state index in [0.29, 0.717) is 5.52 Å². The minimum Gasteiger partial charge on any atom is -0.479 e. The first-order valence-electron chi connectivity index (χ1n) is 9.27. The summed E-state index contributed by atoms with van der Waals surface area (Å²) in [5, 5.41) is 48.3. The van der Waals surface area contributed by atoms with Crippen molar-refractivity contribution in [2.75, 3.05) is 6.56 Å². The van der Waals surface area contributed by atoms with Gasteiger partial charge >= 0.3 is 5.97 Å². The number of aromatic amines is 1. The normalized spacial score (nSPS) is 33.2. The van der Waals surface area contributed by atoms with Crippen molar-refractivity contribution in [3.8, 4) is 5.75 Å². The fourth-order valence-electron chi connectivity index (χ4n) is 2.62. The summed E-state index contributed by atoms with van der Waals surface area (Å²) in [6, 6.07) is 4.11. The number of hydrogen-bond acceptors (Lipinski definition) is 7. The van der Waals surface area contributed by atoms with Crippen molar-refractivity contribution in [1.82, 2.24) is 4.98 Å². The molecule has 1 fully saturated rings. The molecule has 9 nitrogen and oxygen atoms in total. The van der Waals surface area contributed by atoms with Crippen LogP contribution in [0.25, 0.3) is 10.9 Å². The summed E-state index contributed by atoms with van der Waals surface area (Å²) >= 11 is 0. The van der Waals surface area contributed by atoms with E-state index in [2.05, 4.69) is 4.98 Å². The van der Waals surface area contributed by atoms with E-state index in [0.717, 1.165) is 0 Å². The number of carbonyl (C=O) groups is 1. The molecule has 0 unspecified atom stereocenters. The highest BCUT2D eigenvalue weighted by atomic mass is 16.7. The maximum Gasteiger partial charge on any atom is 0.335 e. The number of nitrogens with one attached hydrogen (secondary N) is 1. The molecule has 3 rings (SSSR count). The van der Waals surface area contributed by atoms with E-state index in [1.165, 1.54) is 24.4 Å². The summed E-state index contributed by atoms with van der Waals surface area (Å²) in [6.07, 6.45) is -10.6. The highest BCUT2D eigenvalue weighted by Gasteiger charge is 2.48. The third-order valence-corrected chi connectivity index (χ3v) is 3.91. The van der Waals surface area contributed by atoms with Gasteiger partial charge in [-0.15, -0.1) is 0 Å². The van der Waals surface area contributed by atoms with E-state index in [4.69, 9.17) is 20.1 Å². The molecule has 2 aromatic rings. The van der Waals surface area contributed by atoms with E-state index in [9.17, 15) is 25.2 Å². The number of aryl methyl sites for hydroxylation is 1. The van der Waals surface area contributed by atoms with Crippen LogP contribution in [-0.2, 0) is 15.9 Å².